The van der Waals surface area contributed by atoms with Gasteiger partial charge in [0.2, 0.25) is 5.91 Å². The van der Waals surface area contributed by atoms with Gasteiger partial charge in [-0.15, -0.1) is 0 Å². The van der Waals surface area contributed by atoms with Crippen LogP contribution in [0.3, 0.4) is 0 Å². The van der Waals surface area contributed by atoms with Gasteiger partial charge in [0, 0.05) is 26.1 Å². The number of nitrogens with zero attached hydrogens (tertiary/aromatic N) is 1. The van der Waals surface area contributed by atoms with Crippen molar-refractivity contribution < 1.29 is 13.6 Å². The van der Waals surface area contributed by atoms with Crippen LogP contribution in [0.2, 0.25) is 0 Å². The smallest absolute Gasteiger partial charge is 0.222 e. The number of hydrogen-bond donors (Lipinski definition) is 2. The third kappa shape index (κ3) is 2.62. The molecular formula is C13H17F2N3O. The summed E-state index contributed by atoms with van der Waals surface area (Å²) in [4.78, 5) is 13.2. The zero-order chi connectivity index (χ0) is 14.0. The Morgan fingerprint density at radius 1 is 1.37 bits per heavy atom. The van der Waals surface area contributed by atoms with E-state index in [-0.39, 0.29) is 23.2 Å². The second kappa shape index (κ2) is 5.42. The molecule has 0 saturated carbocycles. The molecule has 1 amide bonds. The van der Waals surface area contributed by atoms with E-state index in [0.717, 1.165) is 6.07 Å². The van der Waals surface area contributed by atoms with E-state index < -0.39 is 11.6 Å². The number of rotatable bonds is 2. The van der Waals surface area contributed by atoms with Crippen molar-refractivity contribution in [2.24, 2.45) is 5.92 Å². The van der Waals surface area contributed by atoms with Crippen molar-refractivity contribution in [3.05, 3.63) is 23.8 Å². The van der Waals surface area contributed by atoms with Gasteiger partial charge in [-0.2, -0.15) is 0 Å². The SMILES string of the molecule is CNC(=O)C1CCN(c2c(N)ccc(F)c2F)CC1. The van der Waals surface area contributed by atoms with Gasteiger partial charge in [0.1, 0.15) is 0 Å². The Bertz CT molecular complexity index is 485. The molecule has 0 aromatic heterocycles. The highest BCUT2D eigenvalue weighted by Crippen LogP contribution is 2.32. The van der Waals surface area contributed by atoms with Crippen molar-refractivity contribution in [1.82, 2.24) is 5.32 Å². The number of nitrogen functional groups attached to an aromatic ring is 1. The van der Waals surface area contributed by atoms with Crippen molar-refractivity contribution in [1.29, 1.82) is 0 Å². The summed E-state index contributed by atoms with van der Waals surface area (Å²) in [6.07, 6.45) is 1.21. The average Bonchev–Trinajstić information content (AvgIpc) is 2.43. The van der Waals surface area contributed by atoms with Crippen LogP contribution in [-0.4, -0.2) is 26.0 Å². The molecule has 1 aliphatic rings. The fraction of sp³-hybridized carbons (Fsp3) is 0.462. The predicted octanol–water partition coefficient (Wildman–Crippen LogP) is 1.51. The van der Waals surface area contributed by atoms with Gasteiger partial charge in [0.15, 0.2) is 11.6 Å². The molecule has 1 aliphatic heterocycles. The minimum Gasteiger partial charge on any atom is -0.397 e. The molecular weight excluding hydrogens is 252 g/mol. The van der Waals surface area contributed by atoms with E-state index in [9.17, 15) is 13.6 Å². The Hall–Kier alpha value is -1.85. The van der Waals surface area contributed by atoms with Crippen LogP contribution in [0.15, 0.2) is 12.1 Å². The van der Waals surface area contributed by atoms with Gasteiger partial charge in [0.05, 0.1) is 11.4 Å². The maximum absolute atomic E-state index is 13.8. The molecule has 104 valence electrons. The summed E-state index contributed by atoms with van der Waals surface area (Å²) in [5.74, 6) is -1.90. The van der Waals surface area contributed by atoms with Crippen molar-refractivity contribution in [2.75, 3.05) is 30.8 Å². The van der Waals surface area contributed by atoms with Gasteiger partial charge in [-0.1, -0.05) is 0 Å². The van der Waals surface area contributed by atoms with E-state index in [0.29, 0.717) is 25.9 Å². The van der Waals surface area contributed by atoms with Gasteiger partial charge >= 0.3 is 0 Å². The van der Waals surface area contributed by atoms with E-state index >= 15 is 0 Å². The number of piperidine rings is 1. The number of halogens is 2. The summed E-state index contributed by atoms with van der Waals surface area (Å²) in [7, 11) is 1.60. The molecule has 1 fully saturated rings. The van der Waals surface area contributed by atoms with Gasteiger partial charge in [-0.25, -0.2) is 8.78 Å². The molecule has 0 radical (unpaired) electrons. The summed E-state index contributed by atoms with van der Waals surface area (Å²) in [5, 5.41) is 2.60. The molecule has 6 heteroatoms. The molecule has 0 atom stereocenters. The fourth-order valence-corrected chi connectivity index (χ4v) is 2.45. The summed E-state index contributed by atoms with van der Waals surface area (Å²) < 4.78 is 27.0. The highest BCUT2D eigenvalue weighted by atomic mass is 19.2. The summed E-state index contributed by atoms with van der Waals surface area (Å²) in [6, 6.07) is 2.38. The number of carbonyl (C=O) groups excluding carboxylic acids is 1. The summed E-state index contributed by atoms with van der Waals surface area (Å²) in [5.41, 5.74) is 6.04. The monoisotopic (exact) mass is 269 g/mol. The molecule has 4 nitrogen and oxygen atoms in total. The Morgan fingerprint density at radius 3 is 2.58 bits per heavy atom. The Morgan fingerprint density at radius 2 is 2.00 bits per heavy atom. The molecule has 0 unspecified atom stereocenters. The maximum Gasteiger partial charge on any atom is 0.222 e. The lowest BCUT2D eigenvalue weighted by Gasteiger charge is -2.33. The minimum absolute atomic E-state index is 0.00710. The molecule has 0 bridgehead atoms. The standard InChI is InChI=1S/C13H17F2N3O/c1-17-13(19)8-4-6-18(7-5-8)12-10(16)3-2-9(14)11(12)15/h2-3,8H,4-7,16H2,1H3,(H,17,19). The molecule has 1 heterocycles. The molecule has 3 N–H and O–H groups in total. The summed E-state index contributed by atoms with van der Waals surface area (Å²) >= 11 is 0. The number of amides is 1. The molecule has 19 heavy (non-hydrogen) atoms. The predicted molar refractivity (Wildman–Crippen MR) is 69.8 cm³/mol. The van der Waals surface area contributed by atoms with E-state index in [4.69, 9.17) is 5.73 Å². The van der Waals surface area contributed by atoms with Crippen LogP contribution in [0.4, 0.5) is 20.2 Å². The number of benzene rings is 1. The first-order valence-corrected chi connectivity index (χ1v) is 6.24. The second-order valence-corrected chi connectivity index (χ2v) is 4.67. The lowest BCUT2D eigenvalue weighted by atomic mass is 9.95. The van der Waals surface area contributed by atoms with Gasteiger partial charge in [-0.05, 0) is 25.0 Å². The van der Waals surface area contributed by atoms with Crippen LogP contribution in [0, 0.1) is 17.6 Å². The van der Waals surface area contributed by atoms with Crippen molar-refractivity contribution in [3.8, 4) is 0 Å². The molecule has 2 rings (SSSR count). The first-order chi connectivity index (χ1) is 9.04. The highest BCUT2D eigenvalue weighted by Gasteiger charge is 2.27. The largest absolute Gasteiger partial charge is 0.397 e. The quantitative estimate of drug-likeness (QED) is 0.800. The summed E-state index contributed by atoms with van der Waals surface area (Å²) in [6.45, 7) is 0.978. The molecule has 1 aromatic carbocycles. The molecule has 0 spiro atoms. The Balaban J connectivity index is 2.14. The van der Waals surface area contributed by atoms with Crippen LogP contribution < -0.4 is 16.0 Å². The van der Waals surface area contributed by atoms with Crippen molar-refractivity contribution in [3.63, 3.8) is 0 Å². The third-order valence-electron chi connectivity index (χ3n) is 3.53. The van der Waals surface area contributed by atoms with Crippen LogP contribution in [-0.2, 0) is 4.79 Å². The topological polar surface area (TPSA) is 58.4 Å². The van der Waals surface area contributed by atoms with Crippen LogP contribution in [0.1, 0.15) is 12.8 Å². The van der Waals surface area contributed by atoms with Crippen molar-refractivity contribution in [2.45, 2.75) is 12.8 Å². The zero-order valence-electron chi connectivity index (χ0n) is 10.7. The number of nitrogens with one attached hydrogen (secondary N) is 1. The lowest BCUT2D eigenvalue weighted by Crippen LogP contribution is -2.40. The fourth-order valence-electron chi connectivity index (χ4n) is 2.45. The first kappa shape index (κ1) is 13.6. The Kier molecular flexibility index (Phi) is 3.87. The molecule has 1 saturated heterocycles. The first-order valence-electron chi connectivity index (χ1n) is 6.24. The number of hydrogen-bond acceptors (Lipinski definition) is 3. The van der Waals surface area contributed by atoms with Crippen LogP contribution in [0.5, 0.6) is 0 Å². The Labute approximate surface area is 110 Å². The van der Waals surface area contributed by atoms with Crippen molar-refractivity contribution >= 4 is 17.3 Å². The van der Waals surface area contributed by atoms with E-state index in [1.54, 1.807) is 11.9 Å². The van der Waals surface area contributed by atoms with Gasteiger partial charge in [0.25, 0.3) is 0 Å². The third-order valence-corrected chi connectivity index (χ3v) is 3.53. The molecule has 0 aliphatic carbocycles. The van der Waals surface area contributed by atoms with Gasteiger partial charge < -0.3 is 16.0 Å². The minimum atomic E-state index is -0.918. The van der Waals surface area contributed by atoms with E-state index in [1.165, 1.54) is 6.07 Å². The van der Waals surface area contributed by atoms with E-state index in [1.807, 2.05) is 0 Å². The lowest BCUT2D eigenvalue weighted by molar-refractivity contribution is -0.125. The van der Waals surface area contributed by atoms with Crippen LogP contribution >= 0.6 is 0 Å². The van der Waals surface area contributed by atoms with Gasteiger partial charge in [-0.3, -0.25) is 4.79 Å². The number of nitrogens with two attached hydrogens (primary N) is 1. The molecule has 1 aromatic rings. The second-order valence-electron chi connectivity index (χ2n) is 4.67. The highest BCUT2D eigenvalue weighted by molar-refractivity contribution is 5.79. The number of carbonyl (C=O) groups is 1. The normalized spacial score (nSPS) is 16.5. The average molecular weight is 269 g/mol. The zero-order valence-corrected chi connectivity index (χ0v) is 10.7. The van der Waals surface area contributed by atoms with E-state index in [2.05, 4.69) is 5.32 Å². The maximum atomic E-state index is 13.8. The number of anilines is 2. The van der Waals surface area contributed by atoms with Crippen LogP contribution in [0.25, 0.3) is 0 Å².